The SMILES string of the molecule is Cl.Cl.O=C(CC1CSCCN1)Nc1ccccc1-n1ccnc1. The summed E-state index contributed by atoms with van der Waals surface area (Å²) in [7, 11) is 0. The number of rotatable bonds is 4. The molecule has 0 aliphatic carbocycles. The van der Waals surface area contributed by atoms with Crippen LogP contribution in [0.2, 0.25) is 0 Å². The Morgan fingerprint density at radius 3 is 2.91 bits per heavy atom. The van der Waals surface area contributed by atoms with Crippen molar-refractivity contribution in [1.29, 1.82) is 0 Å². The number of aromatic nitrogens is 2. The van der Waals surface area contributed by atoms with Crippen LogP contribution < -0.4 is 10.6 Å². The van der Waals surface area contributed by atoms with Crippen LogP contribution in [0, 0.1) is 0 Å². The molecule has 1 aliphatic rings. The molecule has 1 fully saturated rings. The number of thioether (sulfide) groups is 1. The molecule has 0 radical (unpaired) electrons. The van der Waals surface area contributed by atoms with Crippen LogP contribution in [0.5, 0.6) is 0 Å². The van der Waals surface area contributed by atoms with Gasteiger partial charge in [0.05, 0.1) is 17.7 Å². The number of anilines is 1. The predicted octanol–water partition coefficient (Wildman–Crippen LogP) is 2.75. The van der Waals surface area contributed by atoms with Gasteiger partial charge in [-0.25, -0.2) is 4.98 Å². The zero-order chi connectivity index (χ0) is 14.5. The van der Waals surface area contributed by atoms with Gasteiger partial charge in [0.15, 0.2) is 0 Å². The second-order valence-corrected chi connectivity index (χ2v) is 6.12. The number of para-hydroxylation sites is 2. The monoisotopic (exact) mass is 374 g/mol. The van der Waals surface area contributed by atoms with Crippen molar-refractivity contribution in [3.63, 3.8) is 0 Å². The van der Waals surface area contributed by atoms with E-state index in [1.165, 1.54) is 0 Å². The number of amides is 1. The third-order valence-corrected chi connectivity index (χ3v) is 4.52. The van der Waals surface area contributed by atoms with Gasteiger partial charge < -0.3 is 15.2 Å². The quantitative estimate of drug-likeness (QED) is 0.863. The molecule has 2 heterocycles. The lowest BCUT2D eigenvalue weighted by Crippen LogP contribution is -2.39. The van der Waals surface area contributed by atoms with Gasteiger partial charge in [-0.05, 0) is 12.1 Å². The fourth-order valence-corrected chi connectivity index (χ4v) is 3.33. The highest BCUT2D eigenvalue weighted by Crippen LogP contribution is 2.20. The van der Waals surface area contributed by atoms with Crippen molar-refractivity contribution in [2.24, 2.45) is 0 Å². The third-order valence-electron chi connectivity index (χ3n) is 3.39. The molecule has 1 atom stereocenters. The van der Waals surface area contributed by atoms with Gasteiger partial charge in [0.1, 0.15) is 0 Å². The first kappa shape index (κ1) is 19.8. The molecule has 1 unspecified atom stereocenters. The highest BCUT2D eigenvalue weighted by Gasteiger charge is 2.17. The Morgan fingerprint density at radius 2 is 2.22 bits per heavy atom. The molecule has 0 spiro atoms. The summed E-state index contributed by atoms with van der Waals surface area (Å²) in [6, 6.07) is 8.02. The number of nitrogens with zero attached hydrogens (tertiary/aromatic N) is 2. The van der Waals surface area contributed by atoms with Gasteiger partial charge in [-0.3, -0.25) is 4.79 Å². The van der Waals surface area contributed by atoms with Crippen LogP contribution in [0.3, 0.4) is 0 Å². The molecule has 1 aromatic carbocycles. The van der Waals surface area contributed by atoms with E-state index in [2.05, 4.69) is 15.6 Å². The lowest BCUT2D eigenvalue weighted by Gasteiger charge is -2.22. The van der Waals surface area contributed by atoms with E-state index < -0.39 is 0 Å². The van der Waals surface area contributed by atoms with E-state index in [1.807, 2.05) is 46.8 Å². The highest BCUT2D eigenvalue weighted by atomic mass is 35.5. The number of nitrogens with one attached hydrogen (secondary N) is 2. The van der Waals surface area contributed by atoms with Crippen LogP contribution in [-0.2, 0) is 4.79 Å². The summed E-state index contributed by atoms with van der Waals surface area (Å²) in [4.78, 5) is 16.3. The van der Waals surface area contributed by atoms with Crippen LogP contribution in [0.4, 0.5) is 5.69 Å². The van der Waals surface area contributed by atoms with Crippen LogP contribution in [0.1, 0.15) is 6.42 Å². The number of benzene rings is 1. The molecule has 23 heavy (non-hydrogen) atoms. The molecule has 2 N–H and O–H groups in total. The van der Waals surface area contributed by atoms with Gasteiger partial charge in [-0.1, -0.05) is 12.1 Å². The first-order valence-corrected chi connectivity index (χ1v) is 8.17. The second-order valence-electron chi connectivity index (χ2n) is 4.97. The van der Waals surface area contributed by atoms with Gasteiger partial charge in [0.2, 0.25) is 5.91 Å². The van der Waals surface area contributed by atoms with E-state index in [-0.39, 0.29) is 36.8 Å². The maximum Gasteiger partial charge on any atom is 0.226 e. The second kappa shape index (κ2) is 9.82. The molecule has 5 nitrogen and oxygen atoms in total. The van der Waals surface area contributed by atoms with E-state index in [0.29, 0.717) is 6.42 Å². The number of hydrogen-bond donors (Lipinski definition) is 2. The summed E-state index contributed by atoms with van der Waals surface area (Å²) in [5.41, 5.74) is 1.73. The van der Waals surface area contributed by atoms with Crippen molar-refractivity contribution < 1.29 is 4.79 Å². The minimum absolute atomic E-state index is 0. The maximum atomic E-state index is 12.2. The number of halogens is 2. The van der Waals surface area contributed by atoms with Gasteiger partial charge in [0.25, 0.3) is 0 Å². The number of imidazole rings is 1. The zero-order valence-corrected chi connectivity index (χ0v) is 14.9. The van der Waals surface area contributed by atoms with Crippen LogP contribution >= 0.6 is 36.6 Å². The fourth-order valence-electron chi connectivity index (χ4n) is 2.38. The summed E-state index contributed by atoms with van der Waals surface area (Å²) < 4.78 is 1.89. The summed E-state index contributed by atoms with van der Waals surface area (Å²) >= 11 is 1.90. The number of carbonyl (C=O) groups excluding carboxylic acids is 1. The van der Waals surface area contributed by atoms with E-state index in [4.69, 9.17) is 0 Å². The smallest absolute Gasteiger partial charge is 0.226 e. The molecular weight excluding hydrogens is 355 g/mol. The summed E-state index contributed by atoms with van der Waals surface area (Å²) in [5.74, 6) is 2.17. The molecular formula is C15H20Cl2N4OS. The Hall–Kier alpha value is -1.21. The molecule has 126 valence electrons. The van der Waals surface area contributed by atoms with Crippen molar-refractivity contribution in [2.75, 3.05) is 23.4 Å². The van der Waals surface area contributed by atoms with Crippen LogP contribution in [0.15, 0.2) is 43.0 Å². The molecule has 3 rings (SSSR count). The van der Waals surface area contributed by atoms with Gasteiger partial charge >= 0.3 is 0 Å². The Labute approximate surface area is 152 Å². The number of carbonyl (C=O) groups is 1. The summed E-state index contributed by atoms with van der Waals surface area (Å²) in [6.07, 6.45) is 5.82. The Balaban J connectivity index is 0.00000132. The molecule has 1 aromatic heterocycles. The molecule has 1 aliphatic heterocycles. The largest absolute Gasteiger partial charge is 0.324 e. The standard InChI is InChI=1S/C15H18N4OS.2ClH/c20-15(9-12-10-21-8-6-17-12)18-13-3-1-2-4-14(13)19-7-5-16-11-19;;/h1-5,7,11-12,17H,6,8-10H2,(H,18,20);2*1H. The summed E-state index contributed by atoms with van der Waals surface area (Å²) in [6.45, 7) is 0.980. The molecule has 0 bridgehead atoms. The van der Waals surface area contributed by atoms with E-state index in [9.17, 15) is 4.79 Å². The Bertz CT molecular complexity index is 603. The van der Waals surface area contributed by atoms with Crippen LogP contribution in [0.25, 0.3) is 5.69 Å². The van der Waals surface area contributed by atoms with E-state index in [1.54, 1.807) is 12.5 Å². The van der Waals surface area contributed by atoms with Crippen LogP contribution in [-0.4, -0.2) is 39.6 Å². The van der Waals surface area contributed by atoms with Gasteiger partial charge in [0, 0.05) is 42.9 Å². The first-order valence-electron chi connectivity index (χ1n) is 7.01. The third kappa shape index (κ3) is 5.42. The van der Waals surface area contributed by atoms with Crippen molar-refractivity contribution in [3.8, 4) is 5.69 Å². The van der Waals surface area contributed by atoms with Crippen molar-refractivity contribution in [2.45, 2.75) is 12.5 Å². The molecule has 2 aromatic rings. The van der Waals surface area contributed by atoms with Gasteiger partial charge in [-0.15, -0.1) is 24.8 Å². The van der Waals surface area contributed by atoms with E-state index >= 15 is 0 Å². The average molecular weight is 375 g/mol. The topological polar surface area (TPSA) is 59.0 Å². The van der Waals surface area contributed by atoms with E-state index in [0.717, 1.165) is 29.4 Å². The Kier molecular flexibility index (Phi) is 8.47. The fraction of sp³-hybridized carbons (Fsp3) is 0.333. The molecule has 1 amide bonds. The maximum absolute atomic E-state index is 12.2. The molecule has 0 saturated carbocycles. The molecule has 1 saturated heterocycles. The van der Waals surface area contributed by atoms with Crippen molar-refractivity contribution in [3.05, 3.63) is 43.0 Å². The lowest BCUT2D eigenvalue weighted by atomic mass is 10.2. The van der Waals surface area contributed by atoms with Crippen molar-refractivity contribution >= 4 is 48.2 Å². The highest BCUT2D eigenvalue weighted by molar-refractivity contribution is 7.99. The predicted molar refractivity (Wildman–Crippen MR) is 100 cm³/mol. The normalized spacial score (nSPS) is 16.8. The summed E-state index contributed by atoms with van der Waals surface area (Å²) in [5, 5.41) is 6.39. The average Bonchev–Trinajstić information content (AvgIpc) is 3.03. The van der Waals surface area contributed by atoms with Gasteiger partial charge in [-0.2, -0.15) is 11.8 Å². The lowest BCUT2D eigenvalue weighted by molar-refractivity contribution is -0.116. The zero-order valence-electron chi connectivity index (χ0n) is 12.5. The van der Waals surface area contributed by atoms with Crippen molar-refractivity contribution in [1.82, 2.24) is 14.9 Å². The molecule has 8 heteroatoms. The minimum atomic E-state index is 0. The Morgan fingerprint density at radius 1 is 1.39 bits per heavy atom. The number of hydrogen-bond acceptors (Lipinski definition) is 4. The first-order chi connectivity index (χ1) is 10.3. The minimum Gasteiger partial charge on any atom is -0.324 e.